The van der Waals surface area contributed by atoms with Gasteiger partial charge in [-0.15, -0.1) is 0 Å². The molecule has 69 heavy (non-hydrogen) atoms. The van der Waals surface area contributed by atoms with Gasteiger partial charge in [-0.25, -0.2) is 0 Å². The maximum Gasteiger partial charge on any atom is 0.0208 e. The van der Waals surface area contributed by atoms with E-state index in [0.29, 0.717) is 0 Å². The molecule has 0 atom stereocenters. The smallest absolute Gasteiger partial charge is 0.0208 e. The van der Waals surface area contributed by atoms with Gasteiger partial charge in [-0.1, -0.05) is 226 Å². The first-order valence-electron chi connectivity index (χ1n) is 25.8. The topological polar surface area (TPSA) is 36.1 Å². The van der Waals surface area contributed by atoms with Gasteiger partial charge in [0.25, 0.3) is 0 Å². The first-order valence-corrected chi connectivity index (χ1v) is 25.8. The molecule has 0 saturated heterocycles. The van der Waals surface area contributed by atoms with E-state index >= 15 is 0 Å². The summed E-state index contributed by atoms with van der Waals surface area (Å²) in [6, 6.07) is 62.3. The summed E-state index contributed by atoms with van der Waals surface area (Å²) in [6.45, 7) is 25.6. The highest BCUT2D eigenvalue weighted by Gasteiger charge is 2.15. The van der Waals surface area contributed by atoms with Gasteiger partial charge in [0.2, 0.25) is 0 Å². The fraction of sp³-hybridized carbons (Fsp3) is 0.364. The Bertz CT molecular complexity index is 2310. The predicted octanol–water partition coefficient (Wildman–Crippen LogP) is 14.8. The lowest BCUT2D eigenvalue weighted by Gasteiger charge is -2.19. The molecule has 3 nitrogen and oxygen atoms in total. The molecule has 7 rings (SSSR count). The molecule has 0 unspecified atom stereocenters. The maximum atomic E-state index is 3.65. The van der Waals surface area contributed by atoms with E-state index in [1.807, 2.05) is 0 Å². The standard InChI is InChI=1S/C66H81N3/c1-64(2,3)61-34-28-55(29-35-61)46-67-43-52-19-10-49(11-20-52)16-25-58-40-59(26-17-50-12-21-53(22-13-50)44-68-47-56-30-36-62(37-31-56)65(4,5)6)42-60(41-58)27-18-51-14-23-54(24-15-51)45-69-48-57-32-38-63(39-33-57)66(7,8)9/h10-15,19-24,28-42,67-69H,16-18,25-27,43-48H2,1-9H3. The maximum absolute atomic E-state index is 3.65. The second-order valence-corrected chi connectivity index (χ2v) is 22.8. The van der Waals surface area contributed by atoms with Crippen molar-refractivity contribution in [1.82, 2.24) is 16.0 Å². The van der Waals surface area contributed by atoms with E-state index in [0.717, 1.165) is 77.8 Å². The van der Waals surface area contributed by atoms with Gasteiger partial charge in [0.05, 0.1) is 0 Å². The summed E-state index contributed by atoms with van der Waals surface area (Å²) < 4.78 is 0. The first-order chi connectivity index (χ1) is 33.0. The second kappa shape index (κ2) is 23.8. The lowest BCUT2D eigenvalue weighted by Crippen LogP contribution is -2.14. The zero-order valence-corrected chi connectivity index (χ0v) is 43.6. The van der Waals surface area contributed by atoms with E-state index in [9.17, 15) is 0 Å². The van der Waals surface area contributed by atoms with Crippen LogP contribution < -0.4 is 16.0 Å². The fourth-order valence-corrected chi connectivity index (χ4v) is 9.03. The van der Waals surface area contributed by atoms with Crippen molar-refractivity contribution in [2.24, 2.45) is 0 Å². The highest BCUT2D eigenvalue weighted by molar-refractivity contribution is 5.35. The lowest BCUT2D eigenvalue weighted by molar-refractivity contribution is 0.589. The van der Waals surface area contributed by atoms with Gasteiger partial charge in [-0.05, 0) is 138 Å². The van der Waals surface area contributed by atoms with Crippen LogP contribution in [0.4, 0.5) is 0 Å². The summed E-state index contributed by atoms with van der Waals surface area (Å²) in [6.07, 6.45) is 6.21. The van der Waals surface area contributed by atoms with Crippen molar-refractivity contribution in [2.45, 2.75) is 156 Å². The Morgan fingerprint density at radius 2 is 0.377 bits per heavy atom. The molecular formula is C66H81N3. The van der Waals surface area contributed by atoms with Crippen molar-refractivity contribution >= 4 is 0 Å². The van der Waals surface area contributed by atoms with Gasteiger partial charge >= 0.3 is 0 Å². The van der Waals surface area contributed by atoms with Crippen molar-refractivity contribution < 1.29 is 0 Å². The molecule has 7 aromatic rings. The Labute approximate surface area is 417 Å². The van der Waals surface area contributed by atoms with Crippen LogP contribution in [0.2, 0.25) is 0 Å². The SMILES string of the molecule is CC(C)(C)c1ccc(CNCc2ccc(CCc3cc(CCc4ccc(CNCc5ccc(C(C)(C)C)cc5)cc4)cc(CCc4ccc(CNCc5ccc(C(C)(C)C)cc5)cc4)c3)cc2)cc1. The Morgan fingerprint density at radius 1 is 0.217 bits per heavy atom. The second-order valence-electron chi connectivity index (χ2n) is 22.8. The van der Waals surface area contributed by atoms with E-state index in [2.05, 4.69) is 242 Å². The van der Waals surface area contributed by atoms with Crippen molar-refractivity contribution in [1.29, 1.82) is 0 Å². The number of hydrogen-bond donors (Lipinski definition) is 3. The fourth-order valence-electron chi connectivity index (χ4n) is 9.03. The minimum Gasteiger partial charge on any atom is -0.309 e. The van der Waals surface area contributed by atoms with Gasteiger partial charge in [0.15, 0.2) is 0 Å². The number of nitrogens with one attached hydrogen (secondary N) is 3. The summed E-state index contributed by atoms with van der Waals surface area (Å²) in [4.78, 5) is 0. The van der Waals surface area contributed by atoms with Gasteiger partial charge in [0.1, 0.15) is 0 Å². The van der Waals surface area contributed by atoms with Crippen molar-refractivity contribution in [2.75, 3.05) is 0 Å². The molecule has 0 aliphatic heterocycles. The molecule has 0 spiro atoms. The van der Waals surface area contributed by atoms with Crippen LogP contribution in [0.25, 0.3) is 0 Å². The van der Waals surface area contributed by atoms with Crippen LogP contribution in [-0.2, 0) is 94.0 Å². The van der Waals surface area contributed by atoms with E-state index in [1.165, 1.54) is 83.5 Å². The minimum atomic E-state index is 0.180. The van der Waals surface area contributed by atoms with Crippen LogP contribution in [0, 0.1) is 0 Å². The molecule has 0 heterocycles. The number of benzene rings is 7. The highest BCUT2D eigenvalue weighted by atomic mass is 14.9. The van der Waals surface area contributed by atoms with Gasteiger partial charge in [-0.3, -0.25) is 0 Å². The molecule has 0 radical (unpaired) electrons. The highest BCUT2D eigenvalue weighted by Crippen LogP contribution is 2.25. The largest absolute Gasteiger partial charge is 0.309 e. The van der Waals surface area contributed by atoms with Crippen LogP contribution in [0.15, 0.2) is 164 Å². The van der Waals surface area contributed by atoms with E-state index in [4.69, 9.17) is 0 Å². The molecular weight excluding hydrogens is 835 g/mol. The minimum absolute atomic E-state index is 0.180. The third kappa shape index (κ3) is 16.5. The van der Waals surface area contributed by atoms with Crippen molar-refractivity contribution in [3.05, 3.63) is 247 Å². The average molecular weight is 916 g/mol. The summed E-state index contributed by atoms with van der Waals surface area (Å²) >= 11 is 0. The van der Waals surface area contributed by atoms with Crippen LogP contribution in [-0.4, -0.2) is 0 Å². The van der Waals surface area contributed by atoms with Crippen LogP contribution in [0.1, 0.15) is 146 Å². The molecule has 0 aliphatic carbocycles. The van der Waals surface area contributed by atoms with Gasteiger partial charge < -0.3 is 16.0 Å². The van der Waals surface area contributed by atoms with Gasteiger partial charge in [-0.2, -0.15) is 0 Å². The molecule has 0 aromatic heterocycles. The number of hydrogen-bond acceptors (Lipinski definition) is 3. The zero-order valence-electron chi connectivity index (χ0n) is 43.6. The Balaban J connectivity index is 0.931. The summed E-state index contributed by atoms with van der Waals surface area (Å²) in [5.41, 5.74) is 21.1. The number of rotatable bonds is 21. The first kappa shape index (κ1) is 51.3. The Hall–Kier alpha value is -5.58. The van der Waals surface area contributed by atoms with Crippen molar-refractivity contribution in [3.8, 4) is 0 Å². The van der Waals surface area contributed by atoms with Crippen LogP contribution in [0.5, 0.6) is 0 Å². The molecule has 3 heteroatoms. The Kier molecular flexibility index (Phi) is 17.7. The molecule has 7 aromatic carbocycles. The van der Waals surface area contributed by atoms with Gasteiger partial charge in [0, 0.05) is 39.3 Å². The van der Waals surface area contributed by atoms with Crippen LogP contribution in [0.3, 0.4) is 0 Å². The Morgan fingerprint density at radius 3 is 0.565 bits per heavy atom. The summed E-state index contributed by atoms with van der Waals surface area (Å²) in [5.74, 6) is 0. The molecule has 0 saturated carbocycles. The third-order valence-corrected chi connectivity index (χ3v) is 13.7. The monoisotopic (exact) mass is 916 g/mol. The molecule has 0 bridgehead atoms. The lowest BCUT2D eigenvalue weighted by atomic mass is 9.87. The quantitative estimate of drug-likeness (QED) is 0.0672. The molecule has 0 fully saturated rings. The predicted molar refractivity (Wildman–Crippen MR) is 295 cm³/mol. The van der Waals surface area contributed by atoms with E-state index in [1.54, 1.807) is 0 Å². The summed E-state index contributed by atoms with van der Waals surface area (Å²) in [7, 11) is 0. The van der Waals surface area contributed by atoms with E-state index in [-0.39, 0.29) is 16.2 Å². The van der Waals surface area contributed by atoms with Crippen molar-refractivity contribution in [3.63, 3.8) is 0 Å². The van der Waals surface area contributed by atoms with Crippen LogP contribution >= 0.6 is 0 Å². The molecule has 3 N–H and O–H groups in total. The third-order valence-electron chi connectivity index (χ3n) is 13.7. The normalized spacial score (nSPS) is 12.1. The summed E-state index contributed by atoms with van der Waals surface area (Å²) in [5, 5.41) is 10.9. The number of aryl methyl sites for hydroxylation is 6. The molecule has 0 amide bonds. The molecule has 360 valence electrons. The van der Waals surface area contributed by atoms with E-state index < -0.39 is 0 Å². The molecule has 0 aliphatic rings. The average Bonchev–Trinajstić information content (AvgIpc) is 3.33. The zero-order chi connectivity index (χ0) is 48.9.